The van der Waals surface area contributed by atoms with Crippen LogP contribution >= 0.6 is 11.6 Å². The van der Waals surface area contributed by atoms with Crippen LogP contribution in [0.4, 0.5) is 5.82 Å². The largest absolute Gasteiger partial charge is 0.384 e. The number of aromatic nitrogens is 2. The first-order valence-electron chi connectivity index (χ1n) is 5.75. The molecule has 0 N–H and O–H groups in total. The Hall–Kier alpha value is -0.870. The van der Waals surface area contributed by atoms with Crippen molar-refractivity contribution in [2.45, 2.75) is 13.8 Å². The van der Waals surface area contributed by atoms with Crippen LogP contribution in [0.2, 0.25) is 5.15 Å². The molecule has 0 radical (unpaired) electrons. The molecule has 2 rings (SSSR count). The quantitative estimate of drug-likeness (QED) is 0.830. The van der Waals surface area contributed by atoms with Gasteiger partial charge in [-0.2, -0.15) is 0 Å². The van der Waals surface area contributed by atoms with Crippen molar-refractivity contribution in [1.82, 2.24) is 9.97 Å². The van der Waals surface area contributed by atoms with E-state index in [1.807, 2.05) is 0 Å². The molecule has 0 saturated carbocycles. The summed E-state index contributed by atoms with van der Waals surface area (Å²) < 4.78 is 5.28. The van der Waals surface area contributed by atoms with Gasteiger partial charge in [0.15, 0.2) is 11.0 Å². The van der Waals surface area contributed by atoms with Gasteiger partial charge < -0.3 is 9.64 Å². The van der Waals surface area contributed by atoms with Crippen molar-refractivity contribution in [3.63, 3.8) is 0 Å². The third-order valence-electron chi connectivity index (χ3n) is 3.45. The molecular weight excluding hydrogens is 238 g/mol. The molecule has 0 bridgehead atoms. The van der Waals surface area contributed by atoms with Gasteiger partial charge >= 0.3 is 0 Å². The molecule has 1 saturated heterocycles. The molecular formula is C12H18ClN3O. The first kappa shape index (κ1) is 12.6. The highest BCUT2D eigenvalue weighted by Crippen LogP contribution is 2.38. The van der Waals surface area contributed by atoms with Crippen molar-refractivity contribution in [2.24, 2.45) is 11.3 Å². The number of ether oxygens (including phenoxy) is 1. The lowest BCUT2D eigenvalue weighted by Crippen LogP contribution is -2.26. The molecule has 2 heterocycles. The second-order valence-corrected chi connectivity index (χ2v) is 5.55. The van der Waals surface area contributed by atoms with E-state index < -0.39 is 0 Å². The highest BCUT2D eigenvalue weighted by Gasteiger charge is 2.40. The van der Waals surface area contributed by atoms with Gasteiger partial charge in [0.25, 0.3) is 0 Å². The Bertz CT molecular complexity index is 397. The number of hydrogen-bond donors (Lipinski definition) is 0. The Kier molecular flexibility index (Phi) is 3.54. The van der Waals surface area contributed by atoms with E-state index in [9.17, 15) is 0 Å². The molecule has 94 valence electrons. The van der Waals surface area contributed by atoms with Crippen molar-refractivity contribution < 1.29 is 4.74 Å². The highest BCUT2D eigenvalue weighted by atomic mass is 35.5. The van der Waals surface area contributed by atoms with E-state index in [1.54, 1.807) is 19.5 Å². The molecule has 4 nitrogen and oxygen atoms in total. The summed E-state index contributed by atoms with van der Waals surface area (Å²) >= 11 is 6.08. The summed E-state index contributed by atoms with van der Waals surface area (Å²) in [6, 6.07) is 0. The van der Waals surface area contributed by atoms with Gasteiger partial charge in [-0.1, -0.05) is 25.4 Å². The Labute approximate surface area is 107 Å². The third kappa shape index (κ3) is 2.53. The van der Waals surface area contributed by atoms with E-state index in [2.05, 4.69) is 28.7 Å². The first-order chi connectivity index (χ1) is 8.04. The summed E-state index contributed by atoms with van der Waals surface area (Å²) in [6.45, 7) is 7.11. The van der Waals surface area contributed by atoms with Crippen LogP contribution < -0.4 is 4.90 Å². The van der Waals surface area contributed by atoms with E-state index in [4.69, 9.17) is 16.3 Å². The van der Waals surface area contributed by atoms with Crippen LogP contribution in [0, 0.1) is 11.3 Å². The van der Waals surface area contributed by atoms with Crippen LogP contribution in [0.15, 0.2) is 12.4 Å². The van der Waals surface area contributed by atoms with Crippen molar-refractivity contribution >= 4 is 17.4 Å². The minimum atomic E-state index is 0.205. The number of nitrogens with zero attached hydrogens (tertiary/aromatic N) is 3. The second kappa shape index (κ2) is 4.78. The molecule has 17 heavy (non-hydrogen) atoms. The predicted octanol–water partition coefficient (Wildman–Crippen LogP) is 2.24. The molecule has 0 spiro atoms. The zero-order valence-electron chi connectivity index (χ0n) is 10.5. The molecule has 1 aromatic rings. The van der Waals surface area contributed by atoms with Crippen molar-refractivity contribution in [3.05, 3.63) is 17.5 Å². The summed E-state index contributed by atoms with van der Waals surface area (Å²) in [5.74, 6) is 1.27. The second-order valence-electron chi connectivity index (χ2n) is 5.19. The maximum absolute atomic E-state index is 6.08. The minimum absolute atomic E-state index is 0.205. The zero-order valence-corrected chi connectivity index (χ0v) is 11.2. The lowest BCUT2D eigenvalue weighted by molar-refractivity contribution is 0.112. The lowest BCUT2D eigenvalue weighted by atomic mass is 9.83. The number of rotatable bonds is 3. The monoisotopic (exact) mass is 255 g/mol. The van der Waals surface area contributed by atoms with Gasteiger partial charge in [0.1, 0.15) is 0 Å². The number of methoxy groups -OCH3 is 1. The molecule has 1 aromatic heterocycles. The topological polar surface area (TPSA) is 38.2 Å². The predicted molar refractivity (Wildman–Crippen MR) is 68.4 cm³/mol. The fraction of sp³-hybridized carbons (Fsp3) is 0.667. The molecule has 0 amide bonds. The smallest absolute Gasteiger partial charge is 0.171 e. The van der Waals surface area contributed by atoms with Crippen LogP contribution in [-0.4, -0.2) is 36.8 Å². The Morgan fingerprint density at radius 1 is 1.47 bits per heavy atom. The fourth-order valence-corrected chi connectivity index (χ4v) is 2.59. The maximum Gasteiger partial charge on any atom is 0.171 e. The van der Waals surface area contributed by atoms with E-state index in [1.165, 1.54) is 0 Å². The maximum atomic E-state index is 6.08. The third-order valence-corrected chi connectivity index (χ3v) is 3.71. The highest BCUT2D eigenvalue weighted by molar-refractivity contribution is 6.31. The number of hydrogen-bond acceptors (Lipinski definition) is 4. The van der Waals surface area contributed by atoms with Crippen LogP contribution in [0.5, 0.6) is 0 Å². The minimum Gasteiger partial charge on any atom is -0.384 e. The molecule has 1 unspecified atom stereocenters. The summed E-state index contributed by atoms with van der Waals surface area (Å²) in [5, 5.41) is 0.473. The average molecular weight is 256 g/mol. The molecule has 1 atom stereocenters. The van der Waals surface area contributed by atoms with Gasteiger partial charge in [0.2, 0.25) is 0 Å². The summed E-state index contributed by atoms with van der Waals surface area (Å²) in [4.78, 5) is 10.6. The van der Waals surface area contributed by atoms with Crippen molar-refractivity contribution in [2.75, 3.05) is 31.7 Å². The SMILES string of the molecule is COCC1CN(c2nccnc2Cl)CC1(C)C. The van der Waals surface area contributed by atoms with Crippen LogP contribution in [0.25, 0.3) is 0 Å². The fourth-order valence-electron chi connectivity index (χ4n) is 2.37. The van der Waals surface area contributed by atoms with Gasteiger partial charge in [-0.15, -0.1) is 0 Å². The van der Waals surface area contributed by atoms with E-state index in [-0.39, 0.29) is 5.41 Å². The average Bonchev–Trinajstić information content (AvgIpc) is 2.56. The first-order valence-corrected chi connectivity index (χ1v) is 6.13. The summed E-state index contributed by atoms with van der Waals surface area (Å²) in [7, 11) is 1.74. The van der Waals surface area contributed by atoms with Gasteiger partial charge in [-0.25, -0.2) is 9.97 Å². The Morgan fingerprint density at radius 3 is 2.82 bits per heavy atom. The Morgan fingerprint density at radius 2 is 2.18 bits per heavy atom. The van der Waals surface area contributed by atoms with Crippen LogP contribution in [0.1, 0.15) is 13.8 Å². The van der Waals surface area contributed by atoms with Crippen LogP contribution in [0.3, 0.4) is 0 Å². The Balaban J connectivity index is 2.18. The van der Waals surface area contributed by atoms with Gasteiger partial charge in [-0.05, 0) is 5.41 Å². The molecule has 0 aromatic carbocycles. The molecule has 0 aliphatic carbocycles. The molecule has 1 aliphatic heterocycles. The normalized spacial score (nSPS) is 23.1. The van der Waals surface area contributed by atoms with Gasteiger partial charge in [0.05, 0.1) is 6.61 Å². The van der Waals surface area contributed by atoms with Gasteiger partial charge in [-0.3, -0.25) is 0 Å². The zero-order chi connectivity index (χ0) is 12.5. The van der Waals surface area contributed by atoms with E-state index in [0.717, 1.165) is 25.5 Å². The van der Waals surface area contributed by atoms with Crippen LogP contribution in [-0.2, 0) is 4.74 Å². The molecule has 1 aliphatic rings. The van der Waals surface area contributed by atoms with E-state index >= 15 is 0 Å². The summed E-state index contributed by atoms with van der Waals surface area (Å²) in [5.41, 5.74) is 0.205. The molecule has 5 heteroatoms. The van der Waals surface area contributed by atoms with Crippen molar-refractivity contribution in [1.29, 1.82) is 0 Å². The van der Waals surface area contributed by atoms with E-state index in [0.29, 0.717) is 11.1 Å². The van der Waals surface area contributed by atoms with Gasteiger partial charge in [0, 0.05) is 38.5 Å². The standard InChI is InChI=1S/C12H18ClN3O/c1-12(2)8-16(6-9(12)7-17-3)11-10(13)14-4-5-15-11/h4-5,9H,6-8H2,1-3H3. The molecule has 1 fully saturated rings. The van der Waals surface area contributed by atoms with Crippen molar-refractivity contribution in [3.8, 4) is 0 Å². The number of anilines is 1. The summed E-state index contributed by atoms with van der Waals surface area (Å²) in [6.07, 6.45) is 3.29. The number of halogens is 1. The lowest BCUT2D eigenvalue weighted by Gasteiger charge is -2.24.